The summed E-state index contributed by atoms with van der Waals surface area (Å²) in [6, 6.07) is 14.0. The lowest BCUT2D eigenvalue weighted by Gasteiger charge is -2.14. The molecule has 0 amide bonds. The first-order chi connectivity index (χ1) is 12.9. The van der Waals surface area contributed by atoms with Crippen molar-refractivity contribution in [1.82, 2.24) is 9.97 Å². The fraction of sp³-hybridized carbons (Fsp3) is 0.238. The smallest absolute Gasteiger partial charge is 0.229 e. The molecule has 0 saturated carbocycles. The lowest BCUT2D eigenvalue weighted by molar-refractivity contribution is 0.416. The molecule has 0 spiro atoms. The van der Waals surface area contributed by atoms with Crippen LogP contribution in [0.15, 0.2) is 42.5 Å². The number of nitrogens with one attached hydrogen (secondary N) is 2. The predicted octanol–water partition coefficient (Wildman–Crippen LogP) is 5.42. The number of aryl methyl sites for hydroxylation is 3. The third-order valence-corrected chi connectivity index (χ3v) is 4.58. The second kappa shape index (κ2) is 8.27. The molecular weight excluding hydrogens is 360 g/mol. The zero-order valence-corrected chi connectivity index (χ0v) is 16.7. The van der Waals surface area contributed by atoms with Gasteiger partial charge in [0, 0.05) is 29.4 Å². The maximum atomic E-state index is 6.18. The van der Waals surface area contributed by atoms with Gasteiger partial charge in [-0.05, 0) is 38.0 Å². The Morgan fingerprint density at radius 3 is 2.44 bits per heavy atom. The maximum absolute atomic E-state index is 6.18. The van der Waals surface area contributed by atoms with Crippen LogP contribution in [0.2, 0.25) is 5.02 Å². The second-order valence-electron chi connectivity index (χ2n) is 6.48. The van der Waals surface area contributed by atoms with Crippen molar-refractivity contribution < 1.29 is 4.74 Å². The molecule has 0 radical (unpaired) electrons. The summed E-state index contributed by atoms with van der Waals surface area (Å²) >= 11 is 6.18. The van der Waals surface area contributed by atoms with Crippen molar-refractivity contribution in [3.05, 3.63) is 69.9 Å². The number of hydrogen-bond acceptors (Lipinski definition) is 5. The van der Waals surface area contributed by atoms with Crippen molar-refractivity contribution in [2.75, 3.05) is 17.7 Å². The van der Waals surface area contributed by atoms with Crippen LogP contribution in [0.3, 0.4) is 0 Å². The molecule has 0 bridgehead atoms. The Morgan fingerprint density at radius 1 is 1.00 bits per heavy atom. The standard InChI is InChI=1S/C21H23ClN4O/c1-13-5-7-16(8-6-13)12-23-20-10-15(3)24-21(26-20)25-18-9-14(2)17(22)11-19(18)27-4/h5-11H,12H2,1-4H3,(H2,23,24,25,26). The summed E-state index contributed by atoms with van der Waals surface area (Å²) < 4.78 is 5.41. The van der Waals surface area contributed by atoms with Gasteiger partial charge in [-0.3, -0.25) is 0 Å². The number of rotatable bonds is 6. The van der Waals surface area contributed by atoms with Crippen molar-refractivity contribution in [1.29, 1.82) is 0 Å². The molecule has 0 unspecified atom stereocenters. The number of aromatic nitrogens is 2. The minimum atomic E-state index is 0.501. The second-order valence-corrected chi connectivity index (χ2v) is 6.89. The summed E-state index contributed by atoms with van der Waals surface area (Å²) in [5.41, 5.74) is 5.03. The third-order valence-electron chi connectivity index (χ3n) is 4.18. The van der Waals surface area contributed by atoms with E-state index in [9.17, 15) is 0 Å². The van der Waals surface area contributed by atoms with Gasteiger partial charge in [0.2, 0.25) is 5.95 Å². The van der Waals surface area contributed by atoms with Gasteiger partial charge in [-0.1, -0.05) is 41.4 Å². The van der Waals surface area contributed by atoms with Crippen LogP contribution in [0.1, 0.15) is 22.4 Å². The molecule has 3 rings (SSSR count). The molecule has 0 atom stereocenters. The van der Waals surface area contributed by atoms with Gasteiger partial charge in [-0.15, -0.1) is 0 Å². The van der Waals surface area contributed by atoms with Crippen molar-refractivity contribution in [3.8, 4) is 5.75 Å². The molecule has 0 aliphatic carbocycles. The van der Waals surface area contributed by atoms with Crippen molar-refractivity contribution >= 4 is 29.1 Å². The first kappa shape index (κ1) is 19.0. The van der Waals surface area contributed by atoms with Gasteiger partial charge in [-0.2, -0.15) is 4.98 Å². The van der Waals surface area contributed by atoms with Gasteiger partial charge in [0.05, 0.1) is 12.8 Å². The van der Waals surface area contributed by atoms with Crippen LogP contribution in [0.5, 0.6) is 5.75 Å². The third kappa shape index (κ3) is 4.89. The van der Waals surface area contributed by atoms with E-state index in [0.29, 0.717) is 23.3 Å². The van der Waals surface area contributed by atoms with Crippen molar-refractivity contribution in [2.45, 2.75) is 27.3 Å². The molecule has 0 saturated heterocycles. The summed E-state index contributed by atoms with van der Waals surface area (Å²) in [6.07, 6.45) is 0. The summed E-state index contributed by atoms with van der Waals surface area (Å²) in [7, 11) is 1.61. The summed E-state index contributed by atoms with van der Waals surface area (Å²) in [6.45, 7) is 6.65. The predicted molar refractivity (Wildman–Crippen MR) is 111 cm³/mol. The van der Waals surface area contributed by atoms with Gasteiger partial charge in [-0.25, -0.2) is 4.98 Å². The zero-order chi connectivity index (χ0) is 19.4. The molecule has 1 heterocycles. The van der Waals surface area contributed by atoms with E-state index in [2.05, 4.69) is 51.8 Å². The fourth-order valence-corrected chi connectivity index (χ4v) is 2.82. The number of halogens is 1. The molecule has 1 aromatic heterocycles. The highest BCUT2D eigenvalue weighted by molar-refractivity contribution is 6.31. The van der Waals surface area contributed by atoms with E-state index in [1.807, 2.05) is 26.0 Å². The first-order valence-corrected chi connectivity index (χ1v) is 9.08. The van der Waals surface area contributed by atoms with E-state index < -0.39 is 0 Å². The molecule has 0 aliphatic rings. The molecule has 27 heavy (non-hydrogen) atoms. The Balaban J connectivity index is 1.79. The number of nitrogens with zero attached hydrogens (tertiary/aromatic N) is 2. The number of methoxy groups -OCH3 is 1. The Hall–Kier alpha value is -2.79. The molecule has 6 heteroatoms. The summed E-state index contributed by atoms with van der Waals surface area (Å²) in [4.78, 5) is 9.04. The van der Waals surface area contributed by atoms with E-state index in [0.717, 1.165) is 22.8 Å². The lowest BCUT2D eigenvalue weighted by Crippen LogP contribution is -2.06. The topological polar surface area (TPSA) is 59.1 Å². The number of hydrogen-bond donors (Lipinski definition) is 2. The van der Waals surface area contributed by atoms with E-state index in [-0.39, 0.29) is 0 Å². The molecule has 140 valence electrons. The Bertz CT molecular complexity index is 942. The molecule has 0 aliphatic heterocycles. The number of anilines is 3. The number of benzene rings is 2. The molecule has 2 N–H and O–H groups in total. The van der Waals surface area contributed by atoms with Crippen molar-refractivity contribution in [2.24, 2.45) is 0 Å². The van der Waals surface area contributed by atoms with Gasteiger partial charge < -0.3 is 15.4 Å². The van der Waals surface area contributed by atoms with Crippen LogP contribution in [0, 0.1) is 20.8 Å². The van der Waals surface area contributed by atoms with Crippen LogP contribution >= 0.6 is 11.6 Å². The molecule has 3 aromatic rings. The first-order valence-electron chi connectivity index (χ1n) is 8.71. The highest BCUT2D eigenvalue weighted by Gasteiger charge is 2.10. The van der Waals surface area contributed by atoms with E-state index >= 15 is 0 Å². The van der Waals surface area contributed by atoms with Gasteiger partial charge in [0.15, 0.2) is 0 Å². The quantitative estimate of drug-likeness (QED) is 0.596. The van der Waals surface area contributed by atoms with Crippen molar-refractivity contribution in [3.63, 3.8) is 0 Å². The molecule has 5 nitrogen and oxygen atoms in total. The van der Waals surface area contributed by atoms with Crippen LogP contribution < -0.4 is 15.4 Å². The van der Waals surface area contributed by atoms with Crippen LogP contribution in [0.4, 0.5) is 17.5 Å². The molecule has 0 fully saturated rings. The van der Waals surface area contributed by atoms with Gasteiger partial charge >= 0.3 is 0 Å². The normalized spacial score (nSPS) is 10.6. The lowest BCUT2D eigenvalue weighted by atomic mass is 10.1. The Kier molecular flexibility index (Phi) is 5.81. The average Bonchev–Trinajstić information content (AvgIpc) is 2.63. The Labute approximate surface area is 164 Å². The van der Waals surface area contributed by atoms with E-state index in [1.54, 1.807) is 13.2 Å². The minimum absolute atomic E-state index is 0.501. The summed E-state index contributed by atoms with van der Waals surface area (Å²) in [5.74, 6) is 1.90. The fourth-order valence-electron chi connectivity index (χ4n) is 2.66. The Morgan fingerprint density at radius 2 is 1.74 bits per heavy atom. The number of ether oxygens (including phenoxy) is 1. The average molecular weight is 383 g/mol. The monoisotopic (exact) mass is 382 g/mol. The van der Waals surface area contributed by atoms with Gasteiger partial charge in [0.25, 0.3) is 0 Å². The van der Waals surface area contributed by atoms with Gasteiger partial charge in [0.1, 0.15) is 11.6 Å². The maximum Gasteiger partial charge on any atom is 0.229 e. The zero-order valence-electron chi connectivity index (χ0n) is 15.9. The van der Waals surface area contributed by atoms with Crippen LogP contribution in [-0.4, -0.2) is 17.1 Å². The van der Waals surface area contributed by atoms with Crippen LogP contribution in [-0.2, 0) is 6.54 Å². The van der Waals surface area contributed by atoms with E-state index in [4.69, 9.17) is 16.3 Å². The molecule has 2 aromatic carbocycles. The summed E-state index contributed by atoms with van der Waals surface area (Å²) in [5, 5.41) is 7.24. The van der Waals surface area contributed by atoms with E-state index in [1.165, 1.54) is 11.1 Å². The highest BCUT2D eigenvalue weighted by atomic mass is 35.5. The highest BCUT2D eigenvalue weighted by Crippen LogP contribution is 2.32. The SMILES string of the molecule is COc1cc(Cl)c(C)cc1Nc1nc(C)cc(NCc2ccc(C)cc2)n1. The van der Waals surface area contributed by atoms with Crippen LogP contribution in [0.25, 0.3) is 0 Å². The largest absolute Gasteiger partial charge is 0.495 e. The minimum Gasteiger partial charge on any atom is -0.495 e. The molecular formula is C21H23ClN4O.